The third kappa shape index (κ3) is 4.14. The minimum absolute atomic E-state index is 0.0347. The van der Waals surface area contributed by atoms with E-state index in [0.29, 0.717) is 36.8 Å². The largest absolute Gasteiger partial charge is 0.497 e. The van der Waals surface area contributed by atoms with Crippen molar-refractivity contribution in [3.63, 3.8) is 0 Å². The summed E-state index contributed by atoms with van der Waals surface area (Å²) >= 11 is 0. The summed E-state index contributed by atoms with van der Waals surface area (Å²) in [6.45, 7) is 4.74. The van der Waals surface area contributed by atoms with E-state index in [-0.39, 0.29) is 12.7 Å². The van der Waals surface area contributed by atoms with Crippen molar-refractivity contribution in [2.75, 3.05) is 53.2 Å². The van der Waals surface area contributed by atoms with Gasteiger partial charge in [0.15, 0.2) is 11.5 Å². The van der Waals surface area contributed by atoms with Gasteiger partial charge < -0.3 is 23.8 Å². The molecule has 2 aromatic carbocycles. The van der Waals surface area contributed by atoms with Crippen LogP contribution in [0.2, 0.25) is 0 Å². The second kappa shape index (κ2) is 8.39. The number of methoxy groups -OCH3 is 1. The fraction of sp³-hybridized carbons (Fsp3) is 0.381. The number of carbonyl (C=O) groups excluding carboxylic acids is 1. The van der Waals surface area contributed by atoms with Crippen molar-refractivity contribution in [3.05, 3.63) is 48.0 Å². The van der Waals surface area contributed by atoms with Gasteiger partial charge in [-0.05, 0) is 42.5 Å². The van der Waals surface area contributed by atoms with Crippen LogP contribution in [0.1, 0.15) is 10.4 Å². The molecule has 0 spiro atoms. The summed E-state index contributed by atoms with van der Waals surface area (Å²) in [5, 5.41) is 0. The molecule has 28 heavy (non-hydrogen) atoms. The number of carbonyl (C=O) groups is 1. The lowest BCUT2D eigenvalue weighted by molar-refractivity contribution is 0.0620. The number of fused-ring (bicyclic) bond motifs is 1. The van der Waals surface area contributed by atoms with E-state index in [1.165, 1.54) is 0 Å². The maximum absolute atomic E-state index is 12.7. The highest BCUT2D eigenvalue weighted by Crippen LogP contribution is 2.32. The van der Waals surface area contributed by atoms with Gasteiger partial charge in [-0.25, -0.2) is 0 Å². The number of benzene rings is 2. The highest BCUT2D eigenvalue weighted by Gasteiger charge is 2.24. The van der Waals surface area contributed by atoms with Crippen LogP contribution < -0.4 is 18.9 Å². The van der Waals surface area contributed by atoms with Crippen LogP contribution in [0.5, 0.6) is 23.0 Å². The second-order valence-corrected chi connectivity index (χ2v) is 6.73. The SMILES string of the molecule is COc1ccc(OCCN2CCN(C(=O)c3ccc4c(c3)OCO4)CC2)cc1. The summed E-state index contributed by atoms with van der Waals surface area (Å²) in [5.41, 5.74) is 0.639. The van der Waals surface area contributed by atoms with E-state index < -0.39 is 0 Å². The molecule has 7 nitrogen and oxygen atoms in total. The van der Waals surface area contributed by atoms with Gasteiger partial charge in [0.25, 0.3) is 5.91 Å². The van der Waals surface area contributed by atoms with Gasteiger partial charge in [0.2, 0.25) is 6.79 Å². The summed E-state index contributed by atoms with van der Waals surface area (Å²) in [4.78, 5) is 16.9. The molecule has 0 atom stereocenters. The van der Waals surface area contributed by atoms with Crippen molar-refractivity contribution in [1.82, 2.24) is 9.80 Å². The van der Waals surface area contributed by atoms with Crippen LogP contribution in [0.3, 0.4) is 0 Å². The molecule has 4 rings (SSSR count). The highest BCUT2D eigenvalue weighted by molar-refractivity contribution is 5.95. The third-order valence-electron chi connectivity index (χ3n) is 5.01. The maximum atomic E-state index is 12.7. The van der Waals surface area contributed by atoms with E-state index in [4.69, 9.17) is 18.9 Å². The average molecular weight is 384 g/mol. The molecule has 1 fully saturated rings. The summed E-state index contributed by atoms with van der Waals surface area (Å²) in [7, 11) is 1.65. The number of hydrogen-bond donors (Lipinski definition) is 0. The molecule has 1 amide bonds. The molecule has 0 saturated carbocycles. The molecule has 148 valence electrons. The lowest BCUT2D eigenvalue weighted by Crippen LogP contribution is -2.49. The van der Waals surface area contributed by atoms with E-state index in [9.17, 15) is 4.79 Å². The number of rotatable bonds is 6. The molecule has 0 aromatic heterocycles. The molecule has 0 aliphatic carbocycles. The number of piperazine rings is 1. The van der Waals surface area contributed by atoms with Gasteiger partial charge in [0, 0.05) is 38.3 Å². The zero-order valence-electron chi connectivity index (χ0n) is 15.9. The first-order chi connectivity index (χ1) is 13.7. The number of hydrogen-bond acceptors (Lipinski definition) is 6. The normalized spacial score (nSPS) is 16.1. The molecule has 0 bridgehead atoms. The van der Waals surface area contributed by atoms with E-state index >= 15 is 0 Å². The summed E-state index contributed by atoms with van der Waals surface area (Å²) in [6.07, 6.45) is 0. The van der Waals surface area contributed by atoms with Crippen LogP contribution in [0, 0.1) is 0 Å². The Morgan fingerprint density at radius 2 is 1.68 bits per heavy atom. The molecular formula is C21H24N2O5. The monoisotopic (exact) mass is 384 g/mol. The highest BCUT2D eigenvalue weighted by atomic mass is 16.7. The molecule has 2 aromatic rings. The Morgan fingerprint density at radius 3 is 2.43 bits per heavy atom. The fourth-order valence-electron chi connectivity index (χ4n) is 3.35. The Kier molecular flexibility index (Phi) is 5.53. The van der Waals surface area contributed by atoms with Crippen LogP contribution in [0.25, 0.3) is 0 Å². The van der Waals surface area contributed by atoms with Gasteiger partial charge in [-0.1, -0.05) is 0 Å². The predicted octanol–water partition coefficient (Wildman–Crippen LogP) is 2.26. The van der Waals surface area contributed by atoms with E-state index in [1.807, 2.05) is 29.2 Å². The molecule has 1 saturated heterocycles. The molecule has 0 unspecified atom stereocenters. The van der Waals surface area contributed by atoms with Gasteiger partial charge in [-0.2, -0.15) is 0 Å². The fourth-order valence-corrected chi connectivity index (χ4v) is 3.35. The van der Waals surface area contributed by atoms with E-state index in [2.05, 4.69) is 4.90 Å². The van der Waals surface area contributed by atoms with Gasteiger partial charge >= 0.3 is 0 Å². The van der Waals surface area contributed by atoms with Gasteiger partial charge in [0.1, 0.15) is 18.1 Å². The smallest absolute Gasteiger partial charge is 0.254 e. The molecule has 0 radical (unpaired) electrons. The maximum Gasteiger partial charge on any atom is 0.254 e. The van der Waals surface area contributed by atoms with Gasteiger partial charge in [0.05, 0.1) is 7.11 Å². The number of amides is 1. The molecule has 2 aliphatic heterocycles. The van der Waals surface area contributed by atoms with Crippen LogP contribution in [-0.4, -0.2) is 68.9 Å². The van der Waals surface area contributed by atoms with Crippen molar-refractivity contribution < 1.29 is 23.7 Å². The van der Waals surface area contributed by atoms with Crippen molar-refractivity contribution in [1.29, 1.82) is 0 Å². The quantitative estimate of drug-likeness (QED) is 0.762. The first-order valence-electron chi connectivity index (χ1n) is 9.41. The van der Waals surface area contributed by atoms with E-state index in [0.717, 1.165) is 31.1 Å². The lowest BCUT2D eigenvalue weighted by atomic mass is 10.1. The molecular weight excluding hydrogens is 360 g/mol. The first kappa shape index (κ1) is 18.4. The Hall–Kier alpha value is -2.93. The Morgan fingerprint density at radius 1 is 0.964 bits per heavy atom. The molecule has 7 heteroatoms. The minimum atomic E-state index is 0.0347. The topological polar surface area (TPSA) is 60.5 Å². The number of ether oxygens (including phenoxy) is 4. The first-order valence-corrected chi connectivity index (χ1v) is 9.41. The predicted molar refractivity (Wildman–Crippen MR) is 103 cm³/mol. The standard InChI is InChI=1S/C21H24N2O5/c1-25-17-3-5-18(6-4-17)26-13-12-22-8-10-23(11-9-22)21(24)16-2-7-19-20(14-16)28-15-27-19/h2-7,14H,8-13,15H2,1H3. The lowest BCUT2D eigenvalue weighted by Gasteiger charge is -2.34. The Labute approximate surface area is 164 Å². The zero-order chi connectivity index (χ0) is 19.3. The van der Waals surface area contributed by atoms with Crippen LogP contribution in [-0.2, 0) is 0 Å². The van der Waals surface area contributed by atoms with Gasteiger partial charge in [-0.15, -0.1) is 0 Å². The zero-order valence-corrected chi connectivity index (χ0v) is 15.9. The summed E-state index contributed by atoms with van der Waals surface area (Å²) < 4.78 is 21.6. The summed E-state index contributed by atoms with van der Waals surface area (Å²) in [6, 6.07) is 12.9. The van der Waals surface area contributed by atoms with E-state index in [1.54, 1.807) is 25.3 Å². The van der Waals surface area contributed by atoms with Crippen molar-refractivity contribution in [2.24, 2.45) is 0 Å². The minimum Gasteiger partial charge on any atom is -0.497 e. The van der Waals surface area contributed by atoms with Gasteiger partial charge in [-0.3, -0.25) is 9.69 Å². The van der Waals surface area contributed by atoms with Crippen LogP contribution in [0.4, 0.5) is 0 Å². The summed E-state index contributed by atoms with van der Waals surface area (Å²) in [5.74, 6) is 3.01. The Balaban J connectivity index is 1.22. The van der Waals surface area contributed by atoms with Crippen molar-refractivity contribution in [3.8, 4) is 23.0 Å². The second-order valence-electron chi connectivity index (χ2n) is 6.73. The molecule has 0 N–H and O–H groups in total. The van der Waals surface area contributed by atoms with Crippen molar-refractivity contribution in [2.45, 2.75) is 0 Å². The number of nitrogens with zero attached hydrogens (tertiary/aromatic N) is 2. The van der Waals surface area contributed by atoms with Crippen LogP contribution in [0.15, 0.2) is 42.5 Å². The third-order valence-corrected chi connectivity index (χ3v) is 5.01. The Bertz CT molecular complexity index is 816. The van der Waals surface area contributed by atoms with Crippen LogP contribution >= 0.6 is 0 Å². The average Bonchev–Trinajstić information content (AvgIpc) is 3.22. The van der Waals surface area contributed by atoms with Crippen molar-refractivity contribution >= 4 is 5.91 Å². The molecule has 2 aliphatic rings. The molecule has 2 heterocycles.